The summed E-state index contributed by atoms with van der Waals surface area (Å²) in [4.78, 5) is 23.0. The molecule has 2 rings (SSSR count). The number of aliphatic carboxylic acids is 1. The Bertz CT molecular complexity index is 267. The van der Waals surface area contributed by atoms with Crippen molar-refractivity contribution in [2.75, 3.05) is 0 Å². The Morgan fingerprint density at radius 2 is 1.77 bits per heavy atom. The van der Waals surface area contributed by atoms with E-state index < -0.39 is 17.6 Å². The summed E-state index contributed by atoms with van der Waals surface area (Å²) in [6.45, 7) is 0. The van der Waals surface area contributed by atoms with Gasteiger partial charge in [0.05, 0.1) is 0 Å². The molecule has 0 aromatic carbocycles. The van der Waals surface area contributed by atoms with E-state index in [1.54, 1.807) is 0 Å². The van der Waals surface area contributed by atoms with Crippen LogP contribution in [0.1, 0.15) is 25.7 Å². The molecule has 2 heterocycles. The van der Waals surface area contributed by atoms with Crippen LogP contribution in [0.3, 0.4) is 0 Å². The maximum atomic E-state index is 11.0. The molecule has 2 fully saturated rings. The van der Waals surface area contributed by atoms with Gasteiger partial charge in [-0.2, -0.15) is 0 Å². The predicted octanol–water partition coefficient (Wildman–Crippen LogP) is 0.746. The third-order valence-electron chi connectivity index (χ3n) is 3.21. The van der Waals surface area contributed by atoms with Crippen LogP contribution < -0.4 is 0 Å². The van der Waals surface area contributed by atoms with Crippen LogP contribution in [-0.2, 0) is 4.79 Å². The van der Waals surface area contributed by atoms with Gasteiger partial charge in [0.25, 0.3) is 0 Å². The topological polar surface area (TPSA) is 77.8 Å². The third kappa shape index (κ3) is 0.868. The lowest BCUT2D eigenvalue weighted by molar-refractivity contribution is -0.147. The highest BCUT2D eigenvalue weighted by Crippen LogP contribution is 2.46. The molecule has 0 radical (unpaired) electrons. The average Bonchev–Trinajstić information content (AvgIpc) is 2.58. The first-order valence-corrected chi connectivity index (χ1v) is 4.33. The second-order valence-electron chi connectivity index (χ2n) is 3.72. The Hall–Kier alpha value is -1.26. The number of hydrogen-bond acceptors (Lipinski definition) is 2. The van der Waals surface area contributed by atoms with Crippen LogP contribution in [0.15, 0.2) is 0 Å². The zero-order chi connectivity index (χ0) is 9.64. The van der Waals surface area contributed by atoms with E-state index >= 15 is 0 Å². The van der Waals surface area contributed by atoms with Crippen LogP contribution in [0.2, 0.25) is 0 Å². The number of nitrogens with zero attached hydrogens (tertiary/aromatic N) is 1. The lowest BCUT2D eigenvalue weighted by Crippen LogP contribution is -2.50. The van der Waals surface area contributed by atoms with Crippen LogP contribution in [0.25, 0.3) is 0 Å². The van der Waals surface area contributed by atoms with E-state index in [0.29, 0.717) is 25.7 Å². The van der Waals surface area contributed by atoms with Gasteiger partial charge in [0.15, 0.2) is 0 Å². The van der Waals surface area contributed by atoms with Crippen molar-refractivity contribution in [3.05, 3.63) is 0 Å². The highest BCUT2D eigenvalue weighted by molar-refractivity contribution is 5.85. The number of amides is 1. The second kappa shape index (κ2) is 2.37. The van der Waals surface area contributed by atoms with Crippen molar-refractivity contribution in [1.29, 1.82) is 0 Å². The normalized spacial score (nSPS) is 36.6. The summed E-state index contributed by atoms with van der Waals surface area (Å²) in [7, 11) is 0. The van der Waals surface area contributed by atoms with Gasteiger partial charge in [-0.3, -0.25) is 4.90 Å². The standard InChI is InChI=1S/C8H11NO4/c10-6(11)8-3-1-5(2-4-8)9(8)7(12)13/h5H,1-4H2,(H,10,11)(H,12,13). The number of carbonyl (C=O) groups is 2. The Balaban J connectivity index is 2.37. The fraction of sp³-hybridized carbons (Fsp3) is 0.750. The van der Waals surface area contributed by atoms with E-state index in [4.69, 9.17) is 10.2 Å². The third-order valence-corrected chi connectivity index (χ3v) is 3.21. The molecule has 2 saturated heterocycles. The first-order valence-electron chi connectivity index (χ1n) is 4.33. The molecule has 0 saturated carbocycles. The van der Waals surface area contributed by atoms with Crippen LogP contribution >= 0.6 is 0 Å². The molecule has 0 atom stereocenters. The van der Waals surface area contributed by atoms with Crippen molar-refractivity contribution in [2.24, 2.45) is 0 Å². The van der Waals surface area contributed by atoms with Gasteiger partial charge in [-0.05, 0) is 25.7 Å². The van der Waals surface area contributed by atoms with Gasteiger partial charge in [0.2, 0.25) is 0 Å². The van der Waals surface area contributed by atoms with Crippen molar-refractivity contribution in [3.63, 3.8) is 0 Å². The molecule has 0 aliphatic carbocycles. The number of rotatable bonds is 1. The van der Waals surface area contributed by atoms with E-state index in [1.165, 1.54) is 0 Å². The molecule has 2 aliphatic heterocycles. The minimum Gasteiger partial charge on any atom is -0.479 e. The molecule has 5 heteroatoms. The van der Waals surface area contributed by atoms with E-state index in [1.807, 2.05) is 0 Å². The summed E-state index contributed by atoms with van der Waals surface area (Å²) in [5, 5.41) is 17.9. The summed E-state index contributed by atoms with van der Waals surface area (Å²) in [5.41, 5.74) is -1.10. The van der Waals surface area contributed by atoms with Gasteiger partial charge >= 0.3 is 12.1 Å². The molecule has 5 nitrogen and oxygen atoms in total. The molecule has 0 aromatic heterocycles. The Kier molecular flexibility index (Phi) is 1.52. The fourth-order valence-corrected chi connectivity index (χ4v) is 2.58. The maximum absolute atomic E-state index is 11.0. The Morgan fingerprint density at radius 3 is 2.08 bits per heavy atom. The van der Waals surface area contributed by atoms with Crippen molar-refractivity contribution in [3.8, 4) is 0 Å². The SMILES string of the molecule is O=C(O)N1C2CCC1(C(=O)O)CC2. The monoisotopic (exact) mass is 185 g/mol. The number of fused-ring (bicyclic) bond motifs is 2. The zero-order valence-electron chi connectivity index (χ0n) is 7.06. The lowest BCUT2D eigenvalue weighted by atomic mass is 9.88. The maximum Gasteiger partial charge on any atom is 0.408 e. The summed E-state index contributed by atoms with van der Waals surface area (Å²) in [6, 6.07) is -0.0615. The second-order valence-corrected chi connectivity index (χ2v) is 3.72. The van der Waals surface area contributed by atoms with Gasteiger partial charge in [-0.1, -0.05) is 0 Å². The van der Waals surface area contributed by atoms with Crippen molar-refractivity contribution in [1.82, 2.24) is 4.90 Å². The fourth-order valence-electron chi connectivity index (χ4n) is 2.58. The summed E-state index contributed by atoms with van der Waals surface area (Å²) < 4.78 is 0. The Labute approximate surface area is 75.0 Å². The largest absolute Gasteiger partial charge is 0.479 e. The van der Waals surface area contributed by atoms with Crippen molar-refractivity contribution < 1.29 is 19.8 Å². The number of hydrogen-bond donors (Lipinski definition) is 2. The quantitative estimate of drug-likeness (QED) is 0.631. The van der Waals surface area contributed by atoms with E-state index in [2.05, 4.69) is 0 Å². The highest BCUT2D eigenvalue weighted by atomic mass is 16.4. The van der Waals surface area contributed by atoms with Gasteiger partial charge in [-0.15, -0.1) is 0 Å². The first kappa shape index (κ1) is 8.34. The van der Waals surface area contributed by atoms with Crippen molar-refractivity contribution in [2.45, 2.75) is 37.3 Å². The van der Waals surface area contributed by atoms with Crippen molar-refractivity contribution >= 4 is 12.1 Å². The van der Waals surface area contributed by atoms with Gasteiger partial charge in [0.1, 0.15) is 5.54 Å². The van der Waals surface area contributed by atoms with Gasteiger partial charge in [0, 0.05) is 6.04 Å². The molecule has 72 valence electrons. The summed E-state index contributed by atoms with van der Waals surface area (Å²) >= 11 is 0. The summed E-state index contributed by atoms with van der Waals surface area (Å²) in [6.07, 6.45) is 1.23. The molecular formula is C8H11NO4. The minimum atomic E-state index is -1.10. The molecule has 1 amide bonds. The minimum absolute atomic E-state index is 0.0615. The van der Waals surface area contributed by atoms with Crippen LogP contribution in [-0.4, -0.2) is 38.8 Å². The Morgan fingerprint density at radius 1 is 1.23 bits per heavy atom. The van der Waals surface area contributed by atoms with E-state index in [0.717, 1.165) is 4.90 Å². The average molecular weight is 185 g/mol. The molecule has 0 spiro atoms. The molecule has 2 aliphatic rings. The first-order chi connectivity index (χ1) is 6.08. The van der Waals surface area contributed by atoms with Gasteiger partial charge in [-0.25, -0.2) is 9.59 Å². The smallest absolute Gasteiger partial charge is 0.408 e. The predicted molar refractivity (Wildman–Crippen MR) is 42.5 cm³/mol. The van der Waals surface area contributed by atoms with Crippen LogP contribution in [0, 0.1) is 0 Å². The molecule has 2 bridgehead atoms. The van der Waals surface area contributed by atoms with Gasteiger partial charge < -0.3 is 10.2 Å². The molecule has 0 unspecified atom stereocenters. The molecule has 13 heavy (non-hydrogen) atoms. The van der Waals surface area contributed by atoms with E-state index in [9.17, 15) is 9.59 Å². The highest BCUT2D eigenvalue weighted by Gasteiger charge is 2.59. The zero-order valence-corrected chi connectivity index (χ0v) is 7.06. The number of carboxylic acids is 1. The molecule has 2 N–H and O–H groups in total. The van der Waals surface area contributed by atoms with Crippen LogP contribution in [0.5, 0.6) is 0 Å². The summed E-state index contributed by atoms with van der Waals surface area (Å²) in [5.74, 6) is -0.991. The number of carboxylic acid groups (broad SMARTS) is 2. The lowest BCUT2D eigenvalue weighted by Gasteiger charge is -2.27. The van der Waals surface area contributed by atoms with E-state index in [-0.39, 0.29) is 6.04 Å². The van der Waals surface area contributed by atoms with Crippen LogP contribution in [0.4, 0.5) is 4.79 Å². The molecule has 0 aromatic rings. The molecular weight excluding hydrogens is 174 g/mol.